The molecule has 0 aliphatic carbocycles. The minimum absolute atomic E-state index is 0.0926. The lowest BCUT2D eigenvalue weighted by atomic mass is 10.0. The monoisotopic (exact) mass is 481 g/mol. The Labute approximate surface area is 202 Å². The van der Waals surface area contributed by atoms with Crippen molar-refractivity contribution in [2.75, 3.05) is 30.5 Å². The highest BCUT2D eigenvalue weighted by Gasteiger charge is 2.47. The van der Waals surface area contributed by atoms with E-state index in [1.54, 1.807) is 37.2 Å². The van der Waals surface area contributed by atoms with Crippen LogP contribution in [0.4, 0.5) is 5.69 Å². The van der Waals surface area contributed by atoms with Crippen molar-refractivity contribution in [3.8, 4) is 5.75 Å². The highest BCUT2D eigenvalue weighted by molar-refractivity contribution is 7.98. The van der Waals surface area contributed by atoms with Gasteiger partial charge in [0.2, 0.25) is 5.78 Å². The maximum Gasteiger partial charge on any atom is 0.322 e. The molecule has 0 bridgehead atoms. The number of carbonyl (C=O) groups is 2. The van der Waals surface area contributed by atoms with Gasteiger partial charge in [0.1, 0.15) is 11.4 Å². The van der Waals surface area contributed by atoms with Crippen LogP contribution in [0, 0.1) is 12.8 Å². The Kier molecular flexibility index (Phi) is 7.42. The highest BCUT2D eigenvalue weighted by Crippen LogP contribution is 2.32. The van der Waals surface area contributed by atoms with E-state index in [1.165, 1.54) is 0 Å². The number of ketones is 1. The number of pyridine rings is 1. The molecule has 2 atom stereocenters. The van der Waals surface area contributed by atoms with Crippen LogP contribution in [0.15, 0.2) is 48.5 Å². The molecule has 2 aromatic heterocycles. The number of ether oxygens (including phenoxy) is 3. The van der Waals surface area contributed by atoms with Crippen molar-refractivity contribution in [1.82, 2.24) is 9.97 Å². The summed E-state index contributed by atoms with van der Waals surface area (Å²) in [7, 11) is 0. The van der Waals surface area contributed by atoms with Crippen molar-refractivity contribution in [2.24, 2.45) is 5.92 Å². The molecule has 1 aromatic carbocycles. The van der Waals surface area contributed by atoms with E-state index in [9.17, 15) is 9.59 Å². The summed E-state index contributed by atoms with van der Waals surface area (Å²) in [6, 6.07) is 9.33. The van der Waals surface area contributed by atoms with Crippen LogP contribution in [0.2, 0.25) is 0 Å². The molecule has 4 rings (SSSR count). The molecule has 1 saturated heterocycles. The van der Waals surface area contributed by atoms with E-state index >= 15 is 0 Å². The van der Waals surface area contributed by atoms with Gasteiger partial charge in [0.25, 0.3) is 0 Å². The van der Waals surface area contributed by atoms with Gasteiger partial charge in [-0.1, -0.05) is 0 Å². The van der Waals surface area contributed by atoms with Gasteiger partial charge < -0.3 is 24.5 Å². The van der Waals surface area contributed by atoms with Crippen molar-refractivity contribution in [3.05, 3.63) is 59.6 Å². The largest absolute Gasteiger partial charge is 0.493 e. The first-order chi connectivity index (χ1) is 16.5. The quantitative estimate of drug-likeness (QED) is 0.203. The van der Waals surface area contributed by atoms with E-state index < -0.39 is 23.9 Å². The smallest absolute Gasteiger partial charge is 0.322 e. The number of rotatable bonds is 9. The van der Waals surface area contributed by atoms with Crippen molar-refractivity contribution in [1.29, 1.82) is 0 Å². The summed E-state index contributed by atoms with van der Waals surface area (Å²) in [4.78, 5) is 33.2. The third kappa shape index (κ3) is 5.04. The second kappa shape index (κ2) is 10.6. The van der Waals surface area contributed by atoms with Crippen LogP contribution in [-0.4, -0.2) is 53.2 Å². The van der Waals surface area contributed by atoms with Crippen LogP contribution < -0.4 is 10.1 Å². The molecule has 3 aromatic rings. The van der Waals surface area contributed by atoms with E-state index in [0.717, 1.165) is 33.7 Å². The summed E-state index contributed by atoms with van der Waals surface area (Å²) in [6.07, 6.45) is 6.20. The first-order valence-corrected chi connectivity index (χ1v) is 12.4. The summed E-state index contributed by atoms with van der Waals surface area (Å²) in [5.41, 5.74) is 3.09. The fraction of sp³-hybridized carbons (Fsp3) is 0.320. The van der Waals surface area contributed by atoms with E-state index in [2.05, 4.69) is 15.3 Å². The lowest BCUT2D eigenvalue weighted by Crippen LogP contribution is -2.35. The van der Waals surface area contributed by atoms with Crippen LogP contribution in [0.3, 0.4) is 0 Å². The Bertz CT molecular complexity index is 1220. The first-order valence-electron chi connectivity index (χ1n) is 11.0. The Hall–Kier alpha value is -3.46. The number of nitrogens with one attached hydrogen (secondary N) is 2. The van der Waals surface area contributed by atoms with Crippen LogP contribution in [0.1, 0.15) is 18.1 Å². The molecule has 1 fully saturated rings. The highest BCUT2D eigenvalue weighted by atomic mass is 32.2. The van der Waals surface area contributed by atoms with Crippen LogP contribution in [0.25, 0.3) is 17.1 Å². The van der Waals surface area contributed by atoms with Gasteiger partial charge in [0.05, 0.1) is 13.2 Å². The Morgan fingerprint density at radius 2 is 2.21 bits per heavy atom. The van der Waals surface area contributed by atoms with Gasteiger partial charge in [-0.15, -0.1) is 0 Å². The number of thioether (sulfide) groups is 1. The second-order valence-electron chi connectivity index (χ2n) is 7.75. The number of aromatic amines is 1. The SMILES string of the molecule is CCOC(=O)C1C(=O)/C(=C/c2c[nH]c3ncccc23)OC1Nc1ccc(OCCSC)cc1C. The Balaban J connectivity index is 1.59. The maximum atomic E-state index is 13.2. The molecule has 8 nitrogen and oxygen atoms in total. The van der Waals surface area contributed by atoms with Crippen LogP contribution in [-0.2, 0) is 19.1 Å². The fourth-order valence-corrected chi connectivity index (χ4v) is 4.01. The zero-order chi connectivity index (χ0) is 24.1. The molecule has 34 heavy (non-hydrogen) atoms. The number of benzene rings is 1. The molecule has 0 saturated carbocycles. The molecule has 3 heterocycles. The summed E-state index contributed by atoms with van der Waals surface area (Å²) in [5, 5.41) is 4.06. The average Bonchev–Trinajstić information content (AvgIpc) is 3.37. The van der Waals surface area contributed by atoms with Gasteiger partial charge in [0.15, 0.2) is 17.9 Å². The number of anilines is 1. The summed E-state index contributed by atoms with van der Waals surface area (Å²) >= 11 is 1.72. The molecule has 2 N–H and O–H groups in total. The summed E-state index contributed by atoms with van der Waals surface area (Å²) in [5.74, 6) is -0.412. The summed E-state index contributed by atoms with van der Waals surface area (Å²) < 4.78 is 16.9. The number of H-pyrrole nitrogens is 1. The zero-order valence-electron chi connectivity index (χ0n) is 19.3. The fourth-order valence-electron chi connectivity index (χ4n) is 3.76. The minimum Gasteiger partial charge on any atom is -0.493 e. The van der Waals surface area contributed by atoms with E-state index in [4.69, 9.17) is 14.2 Å². The molecule has 178 valence electrons. The lowest BCUT2D eigenvalue weighted by Gasteiger charge is -2.20. The van der Waals surface area contributed by atoms with Gasteiger partial charge in [0, 0.05) is 34.8 Å². The van der Waals surface area contributed by atoms with E-state index in [1.807, 2.05) is 43.5 Å². The van der Waals surface area contributed by atoms with Crippen molar-refractivity contribution >= 4 is 46.3 Å². The van der Waals surface area contributed by atoms with Crippen molar-refractivity contribution in [3.63, 3.8) is 0 Å². The molecule has 0 spiro atoms. The molecule has 0 radical (unpaired) electrons. The maximum absolute atomic E-state index is 13.2. The predicted octanol–water partition coefficient (Wildman–Crippen LogP) is 4.17. The number of fused-ring (bicyclic) bond motifs is 1. The van der Waals surface area contributed by atoms with Gasteiger partial charge in [-0.25, -0.2) is 4.98 Å². The van der Waals surface area contributed by atoms with Crippen LogP contribution >= 0.6 is 11.8 Å². The summed E-state index contributed by atoms with van der Waals surface area (Å²) in [6.45, 7) is 4.42. The number of Topliss-reactive ketones (excluding diaryl/α,β-unsaturated/α-hetero) is 1. The van der Waals surface area contributed by atoms with E-state index in [0.29, 0.717) is 12.3 Å². The van der Waals surface area contributed by atoms with Gasteiger partial charge >= 0.3 is 5.97 Å². The Morgan fingerprint density at radius 1 is 1.35 bits per heavy atom. The standard InChI is InChI=1S/C25H27N3O5S/c1-4-31-25(30)21-22(29)20(13-16-14-27-23-18(16)6-5-9-26-23)33-24(21)28-19-8-7-17(12-15(19)2)32-10-11-34-3/h5-9,12-14,21,24,28H,4,10-11H2,1-3H3,(H,26,27)/b20-13-. The number of hydrogen-bond acceptors (Lipinski definition) is 8. The lowest BCUT2D eigenvalue weighted by molar-refractivity contribution is -0.151. The third-order valence-electron chi connectivity index (χ3n) is 5.44. The Morgan fingerprint density at radius 3 is 2.97 bits per heavy atom. The van der Waals surface area contributed by atoms with Gasteiger partial charge in [-0.05, 0) is 62.1 Å². The van der Waals surface area contributed by atoms with Crippen molar-refractivity contribution in [2.45, 2.75) is 20.1 Å². The average molecular weight is 482 g/mol. The number of aromatic nitrogens is 2. The zero-order valence-corrected chi connectivity index (χ0v) is 20.1. The van der Waals surface area contributed by atoms with Crippen molar-refractivity contribution < 1.29 is 23.8 Å². The molecule has 0 amide bonds. The normalized spacial score (nSPS) is 18.8. The minimum atomic E-state index is -1.12. The molecule has 9 heteroatoms. The molecule has 1 aliphatic heterocycles. The molecule has 2 unspecified atom stereocenters. The first kappa shape index (κ1) is 23.7. The number of carbonyl (C=O) groups excluding carboxylic acids is 2. The van der Waals surface area contributed by atoms with E-state index in [-0.39, 0.29) is 12.4 Å². The third-order valence-corrected chi connectivity index (χ3v) is 6.02. The van der Waals surface area contributed by atoms with Crippen LogP contribution in [0.5, 0.6) is 5.75 Å². The topological polar surface area (TPSA) is 103 Å². The molecular formula is C25H27N3O5S. The number of allylic oxidation sites excluding steroid dienone is 1. The number of esters is 1. The molecule has 1 aliphatic rings. The number of nitrogens with zero attached hydrogens (tertiary/aromatic N) is 1. The number of aryl methyl sites for hydroxylation is 1. The van der Waals surface area contributed by atoms with Gasteiger partial charge in [-0.3, -0.25) is 9.59 Å². The predicted molar refractivity (Wildman–Crippen MR) is 133 cm³/mol. The number of hydrogen-bond donors (Lipinski definition) is 2. The molecular weight excluding hydrogens is 454 g/mol. The van der Waals surface area contributed by atoms with Gasteiger partial charge in [-0.2, -0.15) is 11.8 Å². The second-order valence-corrected chi connectivity index (χ2v) is 8.73.